The van der Waals surface area contributed by atoms with E-state index in [0.29, 0.717) is 16.8 Å². The van der Waals surface area contributed by atoms with Crippen LogP contribution in [0.3, 0.4) is 0 Å². The summed E-state index contributed by atoms with van der Waals surface area (Å²) in [6.07, 6.45) is 3.25. The van der Waals surface area contributed by atoms with Crippen LogP contribution in [0.2, 0.25) is 0 Å². The Kier molecular flexibility index (Phi) is 6.01. The molecule has 30 heavy (non-hydrogen) atoms. The van der Waals surface area contributed by atoms with Gasteiger partial charge in [-0.3, -0.25) is 4.79 Å². The Balaban J connectivity index is 1.38. The molecule has 0 saturated carbocycles. The zero-order valence-electron chi connectivity index (χ0n) is 16.9. The summed E-state index contributed by atoms with van der Waals surface area (Å²) in [6, 6.07) is 8.02. The van der Waals surface area contributed by atoms with E-state index in [1.165, 1.54) is 39.8 Å². The van der Waals surface area contributed by atoms with Crippen molar-refractivity contribution in [2.24, 2.45) is 0 Å². The third-order valence-corrected chi connectivity index (χ3v) is 6.24. The van der Waals surface area contributed by atoms with Gasteiger partial charge in [0, 0.05) is 10.9 Å². The largest absolute Gasteiger partial charge is 0.467 e. The minimum atomic E-state index is -0.134. The molecule has 1 N–H and O–H groups in total. The van der Waals surface area contributed by atoms with Crippen LogP contribution in [-0.4, -0.2) is 31.4 Å². The van der Waals surface area contributed by atoms with Gasteiger partial charge in [-0.2, -0.15) is 0 Å². The molecule has 7 nitrogen and oxygen atoms in total. The molecule has 154 valence electrons. The second-order valence-corrected chi connectivity index (χ2v) is 8.77. The summed E-state index contributed by atoms with van der Waals surface area (Å²) in [5.41, 5.74) is 5.60. The van der Waals surface area contributed by atoms with Crippen molar-refractivity contribution in [3.63, 3.8) is 0 Å². The molecule has 9 heteroatoms. The Hall–Kier alpha value is -2.91. The third-order valence-electron chi connectivity index (χ3n) is 4.50. The van der Waals surface area contributed by atoms with Crippen LogP contribution in [0.1, 0.15) is 22.5 Å². The first-order chi connectivity index (χ1) is 14.5. The van der Waals surface area contributed by atoms with Crippen molar-refractivity contribution in [1.29, 1.82) is 0 Å². The molecule has 1 amide bonds. The summed E-state index contributed by atoms with van der Waals surface area (Å²) in [5, 5.41) is 14.1. The number of nitrogens with zero attached hydrogens (tertiary/aromatic N) is 4. The van der Waals surface area contributed by atoms with Crippen LogP contribution in [-0.2, 0) is 11.3 Å². The molecule has 0 atom stereocenters. The number of thiazole rings is 1. The van der Waals surface area contributed by atoms with Gasteiger partial charge in [-0.25, -0.2) is 4.98 Å². The van der Waals surface area contributed by atoms with Gasteiger partial charge in [-0.05, 0) is 44.0 Å². The number of rotatable bonds is 7. The number of nitrogens with one attached hydrogen (secondary N) is 1. The average Bonchev–Trinajstić information content (AvgIpc) is 3.43. The standard InChI is InChI=1S/C21H21N5O2S2/c1-13-7-14(2)19(15(3)8-13)17-10-29-20(23-17)24-18(27)11-30-21-25-22-12-26(21)9-16-5-4-6-28-16/h4-8,10,12H,9,11H2,1-3H3,(H,23,24,27). The van der Waals surface area contributed by atoms with Crippen molar-refractivity contribution in [2.75, 3.05) is 11.1 Å². The lowest BCUT2D eigenvalue weighted by Crippen LogP contribution is -2.14. The fourth-order valence-corrected chi connectivity index (χ4v) is 4.78. The second-order valence-electron chi connectivity index (χ2n) is 6.97. The fourth-order valence-electron chi connectivity index (χ4n) is 3.35. The van der Waals surface area contributed by atoms with E-state index in [4.69, 9.17) is 4.42 Å². The van der Waals surface area contributed by atoms with Gasteiger partial charge in [-0.15, -0.1) is 21.5 Å². The molecule has 0 aliphatic carbocycles. The number of hydrogen-bond acceptors (Lipinski definition) is 7. The van der Waals surface area contributed by atoms with E-state index < -0.39 is 0 Å². The highest BCUT2D eigenvalue weighted by molar-refractivity contribution is 7.99. The summed E-state index contributed by atoms with van der Waals surface area (Å²) in [6.45, 7) is 6.78. The number of anilines is 1. The lowest BCUT2D eigenvalue weighted by atomic mass is 9.98. The zero-order valence-corrected chi connectivity index (χ0v) is 18.5. The fraction of sp³-hybridized carbons (Fsp3) is 0.238. The van der Waals surface area contributed by atoms with Gasteiger partial charge in [0.05, 0.1) is 24.3 Å². The van der Waals surface area contributed by atoms with E-state index in [0.717, 1.165) is 17.0 Å². The smallest absolute Gasteiger partial charge is 0.236 e. The minimum absolute atomic E-state index is 0.134. The van der Waals surface area contributed by atoms with E-state index in [9.17, 15) is 4.79 Å². The van der Waals surface area contributed by atoms with E-state index in [1.807, 2.05) is 22.1 Å². The number of benzene rings is 1. The molecule has 0 unspecified atom stereocenters. The van der Waals surface area contributed by atoms with Crippen LogP contribution in [0.5, 0.6) is 0 Å². The normalized spacial score (nSPS) is 11.0. The van der Waals surface area contributed by atoms with Crippen LogP contribution in [0.15, 0.2) is 51.8 Å². The quantitative estimate of drug-likeness (QED) is 0.420. The van der Waals surface area contributed by atoms with Crippen LogP contribution in [0, 0.1) is 20.8 Å². The maximum atomic E-state index is 12.4. The molecule has 1 aromatic carbocycles. The van der Waals surface area contributed by atoms with Crippen LogP contribution < -0.4 is 5.32 Å². The number of thioether (sulfide) groups is 1. The predicted molar refractivity (Wildman–Crippen MR) is 119 cm³/mol. The molecule has 0 bridgehead atoms. The first-order valence-electron chi connectivity index (χ1n) is 9.36. The number of furan rings is 1. The van der Waals surface area contributed by atoms with Crippen molar-refractivity contribution in [2.45, 2.75) is 32.5 Å². The van der Waals surface area contributed by atoms with E-state index >= 15 is 0 Å². The van der Waals surface area contributed by atoms with Gasteiger partial charge in [0.2, 0.25) is 5.91 Å². The molecule has 3 aromatic heterocycles. The van der Waals surface area contributed by atoms with Gasteiger partial charge >= 0.3 is 0 Å². The number of aryl methyl sites for hydroxylation is 3. The van der Waals surface area contributed by atoms with Crippen molar-refractivity contribution in [3.05, 3.63) is 64.7 Å². The van der Waals surface area contributed by atoms with Crippen molar-refractivity contribution >= 4 is 34.1 Å². The predicted octanol–water partition coefficient (Wildman–Crippen LogP) is 4.70. The second kappa shape index (κ2) is 8.85. The summed E-state index contributed by atoms with van der Waals surface area (Å²) in [4.78, 5) is 17.0. The Morgan fingerprint density at radius 1 is 1.27 bits per heavy atom. The molecular weight excluding hydrogens is 418 g/mol. The van der Waals surface area contributed by atoms with Crippen molar-refractivity contribution in [1.82, 2.24) is 19.7 Å². The number of carbonyl (C=O) groups is 1. The molecule has 0 aliphatic rings. The van der Waals surface area contributed by atoms with Gasteiger partial charge in [0.1, 0.15) is 12.1 Å². The molecule has 0 radical (unpaired) electrons. The van der Waals surface area contributed by atoms with Crippen LogP contribution in [0.4, 0.5) is 5.13 Å². The molecule has 4 rings (SSSR count). The highest BCUT2D eigenvalue weighted by Crippen LogP contribution is 2.31. The summed E-state index contributed by atoms with van der Waals surface area (Å²) < 4.78 is 7.21. The van der Waals surface area contributed by atoms with Gasteiger partial charge in [-0.1, -0.05) is 29.5 Å². The first kappa shape index (κ1) is 20.4. The number of hydrogen-bond donors (Lipinski definition) is 1. The lowest BCUT2D eigenvalue weighted by Gasteiger charge is -2.08. The number of aromatic nitrogens is 4. The SMILES string of the molecule is Cc1cc(C)c(-c2csc(NC(=O)CSc3nncn3Cc3ccco3)n2)c(C)c1. The molecule has 0 saturated heterocycles. The third kappa shape index (κ3) is 4.63. The monoisotopic (exact) mass is 439 g/mol. The average molecular weight is 440 g/mol. The Morgan fingerprint density at radius 3 is 2.80 bits per heavy atom. The molecular formula is C21H21N5O2S2. The van der Waals surface area contributed by atoms with Crippen LogP contribution >= 0.6 is 23.1 Å². The molecule has 0 fully saturated rings. The molecule has 0 aliphatic heterocycles. The number of carbonyl (C=O) groups excluding carboxylic acids is 1. The van der Waals surface area contributed by atoms with Crippen molar-refractivity contribution in [3.8, 4) is 11.3 Å². The first-order valence-corrected chi connectivity index (χ1v) is 11.2. The Bertz CT molecular complexity index is 1140. The van der Waals surface area contributed by atoms with Crippen LogP contribution in [0.25, 0.3) is 11.3 Å². The maximum Gasteiger partial charge on any atom is 0.236 e. The van der Waals surface area contributed by atoms with Gasteiger partial charge < -0.3 is 14.3 Å². The van der Waals surface area contributed by atoms with E-state index in [2.05, 4.69) is 53.4 Å². The Morgan fingerprint density at radius 2 is 2.07 bits per heavy atom. The zero-order chi connectivity index (χ0) is 21.1. The maximum absolute atomic E-state index is 12.4. The lowest BCUT2D eigenvalue weighted by molar-refractivity contribution is -0.113. The van der Waals surface area contributed by atoms with E-state index in [1.54, 1.807) is 12.6 Å². The highest BCUT2D eigenvalue weighted by Gasteiger charge is 2.14. The summed E-state index contributed by atoms with van der Waals surface area (Å²) in [7, 11) is 0. The molecule has 4 aromatic rings. The van der Waals surface area contributed by atoms with Gasteiger partial charge in [0.15, 0.2) is 10.3 Å². The molecule has 0 spiro atoms. The molecule has 3 heterocycles. The summed E-state index contributed by atoms with van der Waals surface area (Å²) in [5.74, 6) is 0.887. The van der Waals surface area contributed by atoms with Gasteiger partial charge in [0.25, 0.3) is 0 Å². The van der Waals surface area contributed by atoms with Crippen molar-refractivity contribution < 1.29 is 9.21 Å². The topological polar surface area (TPSA) is 85.8 Å². The van der Waals surface area contributed by atoms with E-state index in [-0.39, 0.29) is 11.7 Å². The Labute approximate surface area is 182 Å². The highest BCUT2D eigenvalue weighted by atomic mass is 32.2. The number of amides is 1. The summed E-state index contributed by atoms with van der Waals surface area (Å²) >= 11 is 2.75. The minimum Gasteiger partial charge on any atom is -0.467 e.